The highest BCUT2D eigenvalue weighted by Crippen LogP contribution is 2.28. The van der Waals surface area contributed by atoms with Crippen LogP contribution < -0.4 is 5.73 Å². The van der Waals surface area contributed by atoms with Gasteiger partial charge in [0.1, 0.15) is 5.82 Å². The van der Waals surface area contributed by atoms with Gasteiger partial charge in [-0.3, -0.25) is 0 Å². The fourth-order valence-electron chi connectivity index (χ4n) is 1.50. The van der Waals surface area contributed by atoms with Crippen LogP contribution in [0.2, 0.25) is 0 Å². The number of hydrogen-bond acceptors (Lipinski definition) is 6. The van der Waals surface area contributed by atoms with E-state index < -0.39 is 5.82 Å². The monoisotopic (exact) mass is 246 g/mol. The zero-order valence-electron chi connectivity index (χ0n) is 8.96. The molecule has 0 fully saturated rings. The van der Waals surface area contributed by atoms with Gasteiger partial charge in [-0.05, 0) is 12.1 Å². The van der Waals surface area contributed by atoms with E-state index in [0.717, 1.165) is 0 Å². The molecule has 7 nitrogen and oxygen atoms in total. The highest BCUT2D eigenvalue weighted by molar-refractivity contribution is 5.71. The molecule has 0 atom stereocenters. The van der Waals surface area contributed by atoms with E-state index in [4.69, 9.17) is 10.3 Å². The van der Waals surface area contributed by atoms with Gasteiger partial charge >= 0.3 is 0 Å². The normalized spacial score (nSPS) is 10.7. The third-order valence-corrected chi connectivity index (χ3v) is 2.33. The van der Waals surface area contributed by atoms with Gasteiger partial charge in [-0.25, -0.2) is 4.39 Å². The maximum absolute atomic E-state index is 13.6. The molecule has 0 saturated carbocycles. The first kappa shape index (κ1) is 10.4. The molecule has 0 aliphatic heterocycles. The van der Waals surface area contributed by atoms with Crippen LogP contribution in [-0.2, 0) is 0 Å². The molecule has 3 N–H and O–H groups in total. The molecular formula is C10H7FN6O. The number of benzene rings is 1. The van der Waals surface area contributed by atoms with Crippen LogP contribution >= 0.6 is 0 Å². The molecular weight excluding hydrogens is 239 g/mol. The summed E-state index contributed by atoms with van der Waals surface area (Å²) in [4.78, 5) is 4.02. The van der Waals surface area contributed by atoms with E-state index in [9.17, 15) is 4.39 Å². The van der Waals surface area contributed by atoms with Crippen molar-refractivity contribution in [2.45, 2.75) is 0 Å². The first-order chi connectivity index (χ1) is 8.75. The minimum absolute atomic E-state index is 0.00333. The summed E-state index contributed by atoms with van der Waals surface area (Å²) in [6.45, 7) is 0. The lowest BCUT2D eigenvalue weighted by Gasteiger charge is -2.00. The summed E-state index contributed by atoms with van der Waals surface area (Å²) in [7, 11) is 0. The van der Waals surface area contributed by atoms with Crippen molar-refractivity contribution in [1.82, 2.24) is 25.6 Å². The van der Waals surface area contributed by atoms with E-state index in [1.807, 2.05) is 0 Å². The molecule has 18 heavy (non-hydrogen) atoms. The number of halogens is 1. The van der Waals surface area contributed by atoms with Crippen molar-refractivity contribution in [3.05, 3.63) is 30.2 Å². The van der Waals surface area contributed by atoms with Crippen LogP contribution in [0, 0.1) is 5.82 Å². The molecule has 0 aliphatic rings. The molecule has 2 heterocycles. The van der Waals surface area contributed by atoms with Gasteiger partial charge in [-0.15, -0.1) is 0 Å². The highest BCUT2D eigenvalue weighted by Gasteiger charge is 2.17. The van der Waals surface area contributed by atoms with Crippen LogP contribution in [0.15, 0.2) is 28.9 Å². The van der Waals surface area contributed by atoms with Crippen molar-refractivity contribution in [1.29, 1.82) is 0 Å². The second-order valence-electron chi connectivity index (χ2n) is 3.48. The van der Waals surface area contributed by atoms with Crippen molar-refractivity contribution in [2.75, 3.05) is 5.73 Å². The Kier molecular flexibility index (Phi) is 2.26. The molecule has 90 valence electrons. The standard InChI is InChI=1S/C10H7FN6O/c11-5-2-1-3-6(12)8(5)10-14-9(16-18-10)7-4-13-17-15-7/h1-4H,12H2,(H,13,15,17). The van der Waals surface area contributed by atoms with Gasteiger partial charge in [-0.2, -0.15) is 20.4 Å². The average molecular weight is 246 g/mol. The molecule has 3 aromatic rings. The number of nitrogens with two attached hydrogens (primary N) is 1. The molecule has 0 amide bonds. The van der Waals surface area contributed by atoms with Gasteiger partial charge in [0.15, 0.2) is 5.69 Å². The predicted molar refractivity (Wildman–Crippen MR) is 59.5 cm³/mol. The number of nitrogen functional groups attached to an aromatic ring is 1. The Morgan fingerprint density at radius 1 is 1.33 bits per heavy atom. The molecule has 0 spiro atoms. The van der Waals surface area contributed by atoms with E-state index in [2.05, 4.69) is 25.6 Å². The summed E-state index contributed by atoms with van der Waals surface area (Å²) in [5, 5.41) is 13.5. The first-order valence-electron chi connectivity index (χ1n) is 5.00. The van der Waals surface area contributed by atoms with Crippen molar-refractivity contribution in [3.63, 3.8) is 0 Å². The van der Waals surface area contributed by atoms with Crippen molar-refractivity contribution < 1.29 is 8.91 Å². The Hall–Kier alpha value is -2.77. The first-order valence-corrected chi connectivity index (χ1v) is 5.00. The molecule has 8 heteroatoms. The maximum atomic E-state index is 13.6. The zero-order chi connectivity index (χ0) is 12.5. The molecule has 0 unspecified atom stereocenters. The predicted octanol–water partition coefficient (Wildman–Crippen LogP) is 1.24. The fourth-order valence-corrected chi connectivity index (χ4v) is 1.50. The van der Waals surface area contributed by atoms with Gasteiger partial charge in [0.2, 0.25) is 5.82 Å². The molecule has 2 aromatic heterocycles. The van der Waals surface area contributed by atoms with Crippen LogP contribution in [0.25, 0.3) is 23.0 Å². The smallest absolute Gasteiger partial charge is 0.263 e. The van der Waals surface area contributed by atoms with Crippen molar-refractivity contribution in [3.8, 4) is 23.0 Å². The van der Waals surface area contributed by atoms with Crippen LogP contribution in [0.3, 0.4) is 0 Å². The average Bonchev–Trinajstić information content (AvgIpc) is 2.99. The third kappa shape index (κ3) is 1.59. The number of rotatable bonds is 2. The maximum Gasteiger partial charge on any atom is 0.263 e. The van der Waals surface area contributed by atoms with Crippen molar-refractivity contribution in [2.24, 2.45) is 0 Å². The number of anilines is 1. The Morgan fingerprint density at radius 2 is 2.22 bits per heavy atom. The van der Waals surface area contributed by atoms with Gasteiger partial charge < -0.3 is 10.3 Å². The fraction of sp³-hybridized carbons (Fsp3) is 0. The highest BCUT2D eigenvalue weighted by atomic mass is 19.1. The summed E-state index contributed by atoms with van der Waals surface area (Å²) in [6.07, 6.45) is 1.43. The lowest BCUT2D eigenvalue weighted by molar-refractivity contribution is 0.429. The van der Waals surface area contributed by atoms with Gasteiger partial charge in [-0.1, -0.05) is 11.2 Å². The number of nitrogens with zero attached hydrogens (tertiary/aromatic N) is 4. The summed E-state index contributed by atoms with van der Waals surface area (Å²) in [5.74, 6) is -0.310. The Labute approximate surface area is 99.8 Å². The van der Waals surface area contributed by atoms with Crippen LogP contribution in [0.4, 0.5) is 10.1 Å². The second kappa shape index (κ2) is 3.91. The van der Waals surface area contributed by atoms with Crippen LogP contribution in [0.5, 0.6) is 0 Å². The van der Waals surface area contributed by atoms with E-state index in [1.165, 1.54) is 18.3 Å². The number of nitrogens with one attached hydrogen (secondary N) is 1. The number of H-pyrrole nitrogens is 1. The van der Waals surface area contributed by atoms with Crippen LogP contribution in [0.1, 0.15) is 0 Å². The zero-order valence-corrected chi connectivity index (χ0v) is 8.96. The molecule has 0 aliphatic carbocycles. The topological polar surface area (TPSA) is 107 Å². The molecule has 0 bridgehead atoms. The van der Waals surface area contributed by atoms with Crippen LogP contribution in [-0.4, -0.2) is 25.6 Å². The second-order valence-corrected chi connectivity index (χ2v) is 3.48. The van der Waals surface area contributed by atoms with E-state index in [1.54, 1.807) is 6.07 Å². The summed E-state index contributed by atoms with van der Waals surface area (Å²) >= 11 is 0. The Balaban J connectivity index is 2.09. The molecule has 0 saturated heterocycles. The minimum atomic E-state index is -0.523. The van der Waals surface area contributed by atoms with E-state index >= 15 is 0 Å². The molecule has 3 rings (SSSR count). The minimum Gasteiger partial charge on any atom is -0.398 e. The summed E-state index contributed by atoms with van der Waals surface area (Å²) in [6, 6.07) is 4.33. The SMILES string of the molecule is Nc1cccc(F)c1-c1nc(-c2cn[nH]n2)no1. The Morgan fingerprint density at radius 3 is 2.94 bits per heavy atom. The quantitative estimate of drug-likeness (QED) is 0.659. The van der Waals surface area contributed by atoms with Gasteiger partial charge in [0.25, 0.3) is 5.89 Å². The lowest BCUT2D eigenvalue weighted by atomic mass is 10.1. The largest absolute Gasteiger partial charge is 0.398 e. The van der Waals surface area contributed by atoms with Gasteiger partial charge in [0, 0.05) is 5.69 Å². The van der Waals surface area contributed by atoms with Gasteiger partial charge in [0.05, 0.1) is 11.8 Å². The molecule has 1 aromatic carbocycles. The number of aromatic nitrogens is 5. The van der Waals surface area contributed by atoms with E-state index in [-0.39, 0.29) is 23.0 Å². The van der Waals surface area contributed by atoms with E-state index in [0.29, 0.717) is 5.69 Å². The van der Waals surface area contributed by atoms with Crippen molar-refractivity contribution >= 4 is 5.69 Å². The Bertz CT molecular complexity index is 657. The third-order valence-electron chi connectivity index (χ3n) is 2.33. The number of hydrogen-bond donors (Lipinski definition) is 2. The number of aromatic amines is 1. The summed E-state index contributed by atoms with van der Waals surface area (Å²) < 4.78 is 18.6. The molecule has 0 radical (unpaired) electrons. The summed E-state index contributed by atoms with van der Waals surface area (Å²) in [5.41, 5.74) is 6.39. The lowest BCUT2D eigenvalue weighted by Crippen LogP contribution is -1.93.